The lowest BCUT2D eigenvalue weighted by Gasteiger charge is -2.24. The van der Waals surface area contributed by atoms with Crippen molar-refractivity contribution in [2.45, 2.75) is 31.9 Å². The number of benzene rings is 1. The lowest BCUT2D eigenvalue weighted by Crippen LogP contribution is -2.25. The Morgan fingerprint density at radius 1 is 1.38 bits per heavy atom. The van der Waals surface area contributed by atoms with Crippen LogP contribution >= 0.6 is 11.3 Å². The van der Waals surface area contributed by atoms with E-state index in [1.54, 1.807) is 0 Å². The Balaban J connectivity index is 1.69. The number of hydrogen-bond acceptors (Lipinski definition) is 6. The molecule has 7 heteroatoms. The zero-order valence-electron chi connectivity index (χ0n) is 13.3. The zero-order chi connectivity index (χ0) is 16.5. The molecule has 1 fully saturated rings. The number of nitrogens with zero attached hydrogens (tertiary/aromatic N) is 3. The first-order chi connectivity index (χ1) is 11.7. The second-order valence-electron chi connectivity index (χ2n) is 5.92. The summed E-state index contributed by atoms with van der Waals surface area (Å²) in [5, 5.41) is 8.52. The summed E-state index contributed by atoms with van der Waals surface area (Å²) in [7, 11) is 0. The fourth-order valence-corrected chi connectivity index (χ4v) is 3.92. The number of fused-ring (bicyclic) bond motifs is 1. The standard InChI is InChI=1S/C17H18N4O2S/c1-11-10-14(22)21-17(18-11)24-16(20-21)19-15(13-8-5-9-23-13)12-6-3-2-4-7-12/h2-4,6-7,10,13,15H,5,8-9H2,1H3,(H,19,20). The molecule has 0 radical (unpaired) electrons. The second-order valence-corrected chi connectivity index (χ2v) is 6.88. The first-order valence-corrected chi connectivity index (χ1v) is 8.83. The van der Waals surface area contributed by atoms with Gasteiger partial charge < -0.3 is 10.1 Å². The van der Waals surface area contributed by atoms with Gasteiger partial charge in [-0.2, -0.15) is 4.52 Å². The second kappa shape index (κ2) is 6.33. The average molecular weight is 342 g/mol. The summed E-state index contributed by atoms with van der Waals surface area (Å²) < 4.78 is 7.23. The van der Waals surface area contributed by atoms with Crippen LogP contribution in [0.15, 0.2) is 41.2 Å². The van der Waals surface area contributed by atoms with Crippen molar-refractivity contribution < 1.29 is 4.74 Å². The number of aryl methyl sites for hydroxylation is 1. The third-order valence-electron chi connectivity index (χ3n) is 4.15. The molecule has 0 amide bonds. The minimum atomic E-state index is -0.157. The smallest absolute Gasteiger partial charge is 0.275 e. The molecular weight excluding hydrogens is 324 g/mol. The van der Waals surface area contributed by atoms with E-state index >= 15 is 0 Å². The van der Waals surface area contributed by atoms with Crippen LogP contribution < -0.4 is 10.9 Å². The van der Waals surface area contributed by atoms with E-state index in [4.69, 9.17) is 4.74 Å². The van der Waals surface area contributed by atoms with Gasteiger partial charge in [-0.25, -0.2) is 4.98 Å². The molecule has 6 nitrogen and oxygen atoms in total. The van der Waals surface area contributed by atoms with Crippen molar-refractivity contribution in [3.8, 4) is 0 Å². The first kappa shape index (κ1) is 15.3. The molecule has 0 spiro atoms. The summed E-state index contributed by atoms with van der Waals surface area (Å²) in [6, 6.07) is 11.7. The molecule has 2 atom stereocenters. The number of rotatable bonds is 4. The maximum absolute atomic E-state index is 12.0. The Hall–Kier alpha value is -2.25. The minimum Gasteiger partial charge on any atom is -0.376 e. The maximum atomic E-state index is 12.0. The Bertz CT molecular complexity index is 900. The normalized spacial score (nSPS) is 18.8. The topological polar surface area (TPSA) is 68.5 Å². The predicted molar refractivity (Wildman–Crippen MR) is 93.7 cm³/mol. The maximum Gasteiger partial charge on any atom is 0.275 e. The van der Waals surface area contributed by atoms with Gasteiger partial charge in [-0.05, 0) is 25.3 Å². The van der Waals surface area contributed by atoms with Gasteiger partial charge in [0.05, 0.1) is 12.1 Å². The Labute approximate surface area is 143 Å². The van der Waals surface area contributed by atoms with Gasteiger partial charge >= 0.3 is 0 Å². The molecule has 0 saturated carbocycles. The average Bonchev–Trinajstić information content (AvgIpc) is 3.22. The molecular formula is C17H18N4O2S. The molecule has 24 heavy (non-hydrogen) atoms. The van der Waals surface area contributed by atoms with Gasteiger partial charge in [0.25, 0.3) is 5.56 Å². The summed E-state index contributed by atoms with van der Waals surface area (Å²) in [6.07, 6.45) is 2.18. The van der Waals surface area contributed by atoms with Crippen LogP contribution in [-0.2, 0) is 4.74 Å². The summed E-state index contributed by atoms with van der Waals surface area (Å²) in [6.45, 7) is 2.60. The van der Waals surface area contributed by atoms with E-state index < -0.39 is 0 Å². The van der Waals surface area contributed by atoms with Crippen molar-refractivity contribution in [2.24, 2.45) is 0 Å². The summed E-state index contributed by atoms with van der Waals surface area (Å²) in [5.74, 6) is 0. The molecule has 2 unspecified atom stereocenters. The van der Waals surface area contributed by atoms with Gasteiger partial charge in [0.15, 0.2) is 0 Å². The van der Waals surface area contributed by atoms with Gasteiger partial charge in [0, 0.05) is 18.4 Å². The van der Waals surface area contributed by atoms with Gasteiger partial charge in [-0.15, -0.1) is 5.10 Å². The van der Waals surface area contributed by atoms with Crippen molar-refractivity contribution >= 4 is 21.4 Å². The van der Waals surface area contributed by atoms with E-state index in [0.29, 0.717) is 15.8 Å². The van der Waals surface area contributed by atoms with Crippen molar-refractivity contribution in [2.75, 3.05) is 11.9 Å². The molecule has 1 aliphatic heterocycles. The minimum absolute atomic E-state index is 0.00561. The molecule has 0 aliphatic carbocycles. The number of ether oxygens (including phenoxy) is 1. The van der Waals surface area contributed by atoms with Crippen molar-refractivity contribution in [3.63, 3.8) is 0 Å². The molecule has 1 aromatic carbocycles. The van der Waals surface area contributed by atoms with Crippen LogP contribution in [0.5, 0.6) is 0 Å². The van der Waals surface area contributed by atoms with Crippen molar-refractivity contribution in [3.05, 3.63) is 58.0 Å². The highest BCUT2D eigenvalue weighted by Gasteiger charge is 2.28. The summed E-state index contributed by atoms with van der Waals surface area (Å²) in [5.41, 5.74) is 1.70. The molecule has 3 aromatic rings. The molecule has 1 aliphatic rings. The number of hydrogen-bond donors (Lipinski definition) is 1. The van der Waals surface area contributed by atoms with Crippen LogP contribution in [0.25, 0.3) is 4.96 Å². The van der Waals surface area contributed by atoms with E-state index in [1.807, 2.05) is 25.1 Å². The highest BCUT2D eigenvalue weighted by molar-refractivity contribution is 7.20. The number of nitrogens with one attached hydrogen (secondary N) is 1. The molecule has 124 valence electrons. The molecule has 0 bridgehead atoms. The SMILES string of the molecule is Cc1cc(=O)n2nc(NC(c3ccccc3)C3CCCO3)sc2n1. The number of anilines is 1. The van der Waals surface area contributed by atoms with Crippen LogP contribution in [-0.4, -0.2) is 27.3 Å². The van der Waals surface area contributed by atoms with E-state index in [-0.39, 0.29) is 17.7 Å². The van der Waals surface area contributed by atoms with E-state index in [2.05, 4.69) is 27.5 Å². The van der Waals surface area contributed by atoms with Crippen LogP contribution in [0.3, 0.4) is 0 Å². The lowest BCUT2D eigenvalue weighted by molar-refractivity contribution is 0.0954. The lowest BCUT2D eigenvalue weighted by atomic mass is 10.00. The third-order valence-corrected chi connectivity index (χ3v) is 4.99. The largest absolute Gasteiger partial charge is 0.376 e. The number of aromatic nitrogens is 3. The Morgan fingerprint density at radius 3 is 2.96 bits per heavy atom. The van der Waals surface area contributed by atoms with Gasteiger partial charge in [-0.1, -0.05) is 41.7 Å². The molecule has 1 saturated heterocycles. The molecule has 2 aromatic heterocycles. The molecule has 3 heterocycles. The molecule has 4 rings (SSSR count). The first-order valence-electron chi connectivity index (χ1n) is 8.01. The predicted octanol–water partition coefficient (Wildman–Crippen LogP) is 2.79. The van der Waals surface area contributed by atoms with Gasteiger partial charge in [0.2, 0.25) is 10.1 Å². The van der Waals surface area contributed by atoms with E-state index in [9.17, 15) is 4.79 Å². The fraction of sp³-hybridized carbons (Fsp3) is 0.353. The van der Waals surface area contributed by atoms with Crippen LogP contribution in [0.1, 0.15) is 30.1 Å². The van der Waals surface area contributed by atoms with E-state index in [1.165, 1.54) is 21.9 Å². The highest BCUT2D eigenvalue weighted by Crippen LogP contribution is 2.31. The van der Waals surface area contributed by atoms with Crippen molar-refractivity contribution in [1.82, 2.24) is 14.6 Å². The van der Waals surface area contributed by atoms with Crippen LogP contribution in [0, 0.1) is 6.92 Å². The third kappa shape index (κ3) is 2.92. The van der Waals surface area contributed by atoms with Crippen LogP contribution in [0.4, 0.5) is 5.13 Å². The fourth-order valence-electron chi connectivity index (χ4n) is 3.03. The summed E-state index contributed by atoms with van der Waals surface area (Å²) >= 11 is 1.38. The Morgan fingerprint density at radius 2 is 2.21 bits per heavy atom. The van der Waals surface area contributed by atoms with E-state index in [0.717, 1.165) is 25.0 Å². The molecule has 1 N–H and O–H groups in total. The zero-order valence-corrected chi connectivity index (χ0v) is 14.1. The van der Waals surface area contributed by atoms with Gasteiger partial charge in [0.1, 0.15) is 0 Å². The summed E-state index contributed by atoms with van der Waals surface area (Å²) in [4.78, 5) is 17.0. The monoisotopic (exact) mass is 342 g/mol. The van der Waals surface area contributed by atoms with Crippen molar-refractivity contribution in [1.29, 1.82) is 0 Å². The van der Waals surface area contributed by atoms with Crippen LogP contribution in [0.2, 0.25) is 0 Å². The van der Waals surface area contributed by atoms with Gasteiger partial charge in [-0.3, -0.25) is 4.79 Å². The quantitative estimate of drug-likeness (QED) is 0.789. The highest BCUT2D eigenvalue weighted by atomic mass is 32.1. The Kier molecular flexibility index (Phi) is 4.03.